The van der Waals surface area contributed by atoms with Gasteiger partial charge in [-0.05, 0) is 23.5 Å². The van der Waals surface area contributed by atoms with Crippen LogP contribution in [0.5, 0.6) is 0 Å². The van der Waals surface area contributed by atoms with Crippen LogP contribution >= 0.6 is 7.92 Å². The molecule has 1 unspecified atom stereocenters. The molecule has 0 N–H and O–H groups in total. The van der Waals surface area contributed by atoms with Crippen LogP contribution in [0.2, 0.25) is 0 Å². The summed E-state index contributed by atoms with van der Waals surface area (Å²) in [7, 11) is -1.03. The molecule has 0 aliphatic carbocycles. The third-order valence-corrected chi connectivity index (χ3v) is 5.19. The van der Waals surface area contributed by atoms with Crippen LogP contribution in [0.4, 0.5) is 4.39 Å². The maximum atomic E-state index is 14.2. The average molecular weight is 304 g/mol. The minimum absolute atomic E-state index is 0.195. The highest BCUT2D eigenvalue weighted by Gasteiger charge is 2.14. The minimum Gasteiger partial charge on any atom is -0.206 e. The maximum Gasteiger partial charge on any atom is 0.132 e. The molecular weight excluding hydrogens is 290 g/mol. The third kappa shape index (κ3) is 3.42. The Bertz CT molecular complexity index is 801. The van der Waals surface area contributed by atoms with Gasteiger partial charge in [0.05, 0.1) is 0 Å². The summed E-state index contributed by atoms with van der Waals surface area (Å²) in [5, 5.41) is 1.73. The van der Waals surface area contributed by atoms with Crippen molar-refractivity contribution >= 4 is 18.5 Å². The molecule has 0 fully saturated rings. The van der Waals surface area contributed by atoms with Crippen LogP contribution < -0.4 is 10.6 Å². The maximum absolute atomic E-state index is 14.2. The Morgan fingerprint density at radius 2 is 1.27 bits per heavy atom. The lowest BCUT2D eigenvalue weighted by Gasteiger charge is -2.12. The fraction of sp³-hybridized carbons (Fsp3) is 0. The zero-order valence-corrected chi connectivity index (χ0v) is 12.8. The highest BCUT2D eigenvalue weighted by molar-refractivity contribution is 7.77. The van der Waals surface area contributed by atoms with Gasteiger partial charge in [-0.3, -0.25) is 0 Å². The molecule has 1 atom stereocenters. The van der Waals surface area contributed by atoms with Gasteiger partial charge in [-0.25, -0.2) is 4.39 Å². The van der Waals surface area contributed by atoms with Crippen LogP contribution in [0.15, 0.2) is 84.9 Å². The fourth-order valence-corrected chi connectivity index (χ4v) is 3.88. The summed E-state index contributed by atoms with van der Waals surface area (Å²) < 4.78 is 14.2. The van der Waals surface area contributed by atoms with E-state index in [0.29, 0.717) is 5.30 Å². The number of hydrogen-bond donors (Lipinski definition) is 0. The van der Waals surface area contributed by atoms with E-state index in [4.69, 9.17) is 0 Å². The van der Waals surface area contributed by atoms with Gasteiger partial charge in [-0.2, -0.15) is 0 Å². The van der Waals surface area contributed by atoms with Crippen molar-refractivity contribution in [2.45, 2.75) is 0 Å². The number of rotatable bonds is 2. The Hall–Kier alpha value is -2.42. The van der Waals surface area contributed by atoms with Crippen LogP contribution in [-0.4, -0.2) is 0 Å². The molecule has 0 aliphatic heterocycles. The van der Waals surface area contributed by atoms with Crippen molar-refractivity contribution in [2.75, 3.05) is 0 Å². The van der Waals surface area contributed by atoms with Gasteiger partial charge in [-0.15, -0.1) is 0 Å². The molecule has 3 rings (SSSR count). The summed E-state index contributed by atoms with van der Waals surface area (Å²) >= 11 is 0. The topological polar surface area (TPSA) is 0 Å². The van der Waals surface area contributed by atoms with Gasteiger partial charge in [0.1, 0.15) is 5.82 Å². The molecule has 22 heavy (non-hydrogen) atoms. The lowest BCUT2D eigenvalue weighted by atomic mass is 10.2. The molecular formula is C20H14FP. The van der Waals surface area contributed by atoms with E-state index < -0.39 is 7.92 Å². The van der Waals surface area contributed by atoms with Gasteiger partial charge in [-0.1, -0.05) is 78.3 Å². The number of benzene rings is 3. The van der Waals surface area contributed by atoms with E-state index in [1.807, 2.05) is 72.8 Å². The van der Waals surface area contributed by atoms with Gasteiger partial charge in [0.15, 0.2) is 0 Å². The van der Waals surface area contributed by atoms with Gasteiger partial charge in [0.25, 0.3) is 0 Å². The first-order valence-electron chi connectivity index (χ1n) is 7.01. The van der Waals surface area contributed by atoms with E-state index in [0.717, 1.165) is 10.9 Å². The Labute approximate surface area is 131 Å². The van der Waals surface area contributed by atoms with Crippen LogP contribution in [-0.2, 0) is 0 Å². The summed E-state index contributed by atoms with van der Waals surface area (Å²) in [5.74, 6) is 2.99. The Kier molecular flexibility index (Phi) is 4.64. The lowest BCUT2D eigenvalue weighted by Crippen LogP contribution is -2.13. The normalized spacial score (nSPS) is 11.3. The van der Waals surface area contributed by atoms with Crippen molar-refractivity contribution < 1.29 is 4.39 Å². The molecule has 0 amide bonds. The van der Waals surface area contributed by atoms with Gasteiger partial charge in [0, 0.05) is 18.8 Å². The summed E-state index contributed by atoms with van der Waals surface area (Å²) in [4.78, 5) is 0. The van der Waals surface area contributed by atoms with E-state index in [9.17, 15) is 4.39 Å². The molecule has 0 saturated heterocycles. The van der Waals surface area contributed by atoms with Gasteiger partial charge >= 0.3 is 0 Å². The first kappa shape index (κ1) is 14.5. The van der Waals surface area contributed by atoms with Crippen LogP contribution in [0.3, 0.4) is 0 Å². The molecule has 3 aromatic carbocycles. The zero-order chi connectivity index (χ0) is 15.2. The van der Waals surface area contributed by atoms with Crippen molar-refractivity contribution in [3.8, 4) is 11.6 Å². The van der Waals surface area contributed by atoms with Gasteiger partial charge in [0.2, 0.25) is 0 Å². The molecule has 0 radical (unpaired) electrons. The lowest BCUT2D eigenvalue weighted by molar-refractivity contribution is 0.636. The Balaban J connectivity index is 2.05. The largest absolute Gasteiger partial charge is 0.206 e. The van der Waals surface area contributed by atoms with E-state index in [-0.39, 0.29) is 5.82 Å². The standard InChI is InChI=1S/C20H14FP/c21-19-13-7-8-14-20(19)22(18-11-5-2-6-12-18)16-15-17-9-3-1-4-10-17/h1-14H. The summed E-state index contributed by atoms with van der Waals surface area (Å²) in [5.41, 5.74) is 4.23. The molecule has 3 aromatic rings. The molecule has 0 saturated carbocycles. The highest BCUT2D eigenvalue weighted by Crippen LogP contribution is 2.33. The first-order valence-corrected chi connectivity index (χ1v) is 8.35. The second-order valence-electron chi connectivity index (χ2n) is 4.73. The number of halogens is 1. The fourth-order valence-electron chi connectivity index (χ4n) is 2.12. The Morgan fingerprint density at radius 3 is 1.95 bits per heavy atom. The van der Waals surface area contributed by atoms with Crippen LogP contribution in [0.1, 0.15) is 5.56 Å². The van der Waals surface area contributed by atoms with E-state index >= 15 is 0 Å². The average Bonchev–Trinajstić information content (AvgIpc) is 2.58. The minimum atomic E-state index is -1.03. The molecule has 106 valence electrons. The zero-order valence-electron chi connectivity index (χ0n) is 11.9. The molecule has 0 spiro atoms. The van der Waals surface area contributed by atoms with E-state index in [2.05, 4.69) is 11.6 Å². The monoisotopic (exact) mass is 304 g/mol. The molecule has 2 heteroatoms. The summed E-state index contributed by atoms with van der Waals surface area (Å²) in [6.07, 6.45) is 0. The predicted molar refractivity (Wildman–Crippen MR) is 92.4 cm³/mol. The SMILES string of the molecule is Fc1ccccc1P(C#Cc1ccccc1)c1ccccc1. The van der Waals surface area contributed by atoms with Crippen molar-refractivity contribution in [1.29, 1.82) is 0 Å². The summed E-state index contributed by atoms with van der Waals surface area (Å²) in [6.45, 7) is 0. The molecule has 0 aromatic heterocycles. The van der Waals surface area contributed by atoms with Crippen LogP contribution in [0.25, 0.3) is 0 Å². The Morgan fingerprint density at radius 1 is 0.682 bits per heavy atom. The number of hydrogen-bond acceptors (Lipinski definition) is 0. The quantitative estimate of drug-likeness (QED) is 0.490. The van der Waals surface area contributed by atoms with Crippen molar-refractivity contribution in [3.63, 3.8) is 0 Å². The van der Waals surface area contributed by atoms with E-state index in [1.54, 1.807) is 6.07 Å². The van der Waals surface area contributed by atoms with Crippen molar-refractivity contribution in [1.82, 2.24) is 0 Å². The molecule has 0 aliphatic rings. The van der Waals surface area contributed by atoms with Crippen molar-refractivity contribution in [2.24, 2.45) is 0 Å². The third-order valence-electron chi connectivity index (χ3n) is 3.19. The molecule has 0 bridgehead atoms. The second-order valence-corrected chi connectivity index (χ2v) is 6.62. The van der Waals surface area contributed by atoms with E-state index in [1.165, 1.54) is 6.07 Å². The summed E-state index contributed by atoms with van der Waals surface area (Å²) in [6, 6.07) is 26.6. The van der Waals surface area contributed by atoms with Gasteiger partial charge < -0.3 is 0 Å². The molecule has 0 nitrogen and oxygen atoms in total. The van der Waals surface area contributed by atoms with Crippen LogP contribution in [0, 0.1) is 17.4 Å². The molecule has 0 heterocycles. The highest BCUT2D eigenvalue weighted by atomic mass is 31.1. The first-order chi connectivity index (χ1) is 10.8. The second kappa shape index (κ2) is 7.03. The van der Waals surface area contributed by atoms with Crippen molar-refractivity contribution in [3.05, 3.63) is 96.3 Å². The smallest absolute Gasteiger partial charge is 0.132 e. The predicted octanol–water partition coefficient (Wildman–Crippen LogP) is 4.27.